The van der Waals surface area contributed by atoms with Gasteiger partial charge in [-0.2, -0.15) is 0 Å². The number of aryl methyl sites for hydroxylation is 1. The number of hydrogen-bond donors (Lipinski definition) is 0. The van der Waals surface area contributed by atoms with Gasteiger partial charge in [0.25, 0.3) is 5.91 Å². The third-order valence-corrected chi connectivity index (χ3v) is 5.88. The summed E-state index contributed by atoms with van der Waals surface area (Å²) in [6.07, 6.45) is 1.65. The standard InChI is InChI=1S/C24H17BrN2O4/c1-13-8-9-26-19(10-13)27-21(14-4-3-5-16(11-14)30-2)20-22(28)17-12-15(25)6-7-18(17)31-23(20)24(27)29/h3-12,21H,1-2H3/t21-/m0/s1. The Balaban J connectivity index is 1.83. The van der Waals surface area contributed by atoms with Crippen LogP contribution in [0.15, 0.2) is 74.5 Å². The van der Waals surface area contributed by atoms with Crippen LogP contribution in [0.4, 0.5) is 5.82 Å². The molecule has 7 heteroatoms. The second kappa shape index (κ2) is 7.35. The maximum atomic E-state index is 13.6. The SMILES string of the molecule is COc1cccc([C@H]2c3c(oc4ccc(Br)cc4c3=O)C(=O)N2c2cc(C)ccn2)c1. The summed E-state index contributed by atoms with van der Waals surface area (Å²) in [4.78, 5) is 33.0. The van der Waals surface area contributed by atoms with Crippen LogP contribution >= 0.6 is 15.9 Å². The second-order valence-corrected chi connectivity index (χ2v) is 8.28. The van der Waals surface area contributed by atoms with Crippen molar-refractivity contribution in [2.45, 2.75) is 13.0 Å². The van der Waals surface area contributed by atoms with Crippen molar-refractivity contribution in [3.05, 3.63) is 97.9 Å². The maximum Gasteiger partial charge on any atom is 0.296 e. The maximum absolute atomic E-state index is 13.6. The molecule has 6 nitrogen and oxygen atoms in total. The zero-order valence-electron chi connectivity index (χ0n) is 16.8. The first kappa shape index (κ1) is 19.5. The van der Waals surface area contributed by atoms with Crippen molar-refractivity contribution in [1.29, 1.82) is 0 Å². The van der Waals surface area contributed by atoms with Gasteiger partial charge in [-0.05, 0) is 60.5 Å². The summed E-state index contributed by atoms with van der Waals surface area (Å²) in [5.41, 5.74) is 2.10. The van der Waals surface area contributed by atoms with E-state index in [9.17, 15) is 9.59 Å². The molecule has 1 atom stereocenters. The van der Waals surface area contributed by atoms with Crippen LogP contribution in [-0.2, 0) is 0 Å². The number of anilines is 1. The van der Waals surface area contributed by atoms with Crippen LogP contribution < -0.4 is 15.1 Å². The van der Waals surface area contributed by atoms with E-state index in [0.717, 1.165) is 15.6 Å². The van der Waals surface area contributed by atoms with Crippen molar-refractivity contribution in [2.24, 2.45) is 0 Å². The number of fused-ring (bicyclic) bond motifs is 2. The van der Waals surface area contributed by atoms with Crippen molar-refractivity contribution in [3.63, 3.8) is 0 Å². The minimum absolute atomic E-state index is 0.0379. The molecule has 0 spiro atoms. The Morgan fingerprint density at radius 2 is 1.94 bits per heavy atom. The van der Waals surface area contributed by atoms with Gasteiger partial charge in [-0.15, -0.1) is 0 Å². The Morgan fingerprint density at radius 3 is 2.71 bits per heavy atom. The lowest BCUT2D eigenvalue weighted by atomic mass is 9.98. The molecule has 2 aromatic heterocycles. The number of ether oxygens (including phenoxy) is 1. The molecule has 1 aliphatic heterocycles. The summed E-state index contributed by atoms with van der Waals surface area (Å²) in [5, 5.41) is 0.410. The van der Waals surface area contributed by atoms with Gasteiger partial charge in [0, 0.05) is 10.7 Å². The summed E-state index contributed by atoms with van der Waals surface area (Å²) in [7, 11) is 1.58. The van der Waals surface area contributed by atoms with Crippen LogP contribution in [0.5, 0.6) is 5.75 Å². The smallest absolute Gasteiger partial charge is 0.296 e. The Morgan fingerprint density at radius 1 is 1.10 bits per heavy atom. The monoisotopic (exact) mass is 476 g/mol. The van der Waals surface area contributed by atoms with Gasteiger partial charge >= 0.3 is 0 Å². The molecule has 5 rings (SSSR count). The van der Waals surface area contributed by atoms with Crippen LogP contribution in [0.25, 0.3) is 11.0 Å². The van der Waals surface area contributed by atoms with Crippen molar-refractivity contribution in [2.75, 3.05) is 12.0 Å². The van der Waals surface area contributed by atoms with E-state index in [0.29, 0.717) is 28.1 Å². The molecular formula is C24H17BrN2O4. The molecule has 1 amide bonds. The number of aromatic nitrogens is 1. The van der Waals surface area contributed by atoms with Gasteiger partial charge in [-0.1, -0.05) is 28.1 Å². The highest BCUT2D eigenvalue weighted by molar-refractivity contribution is 9.10. The molecule has 0 aliphatic carbocycles. The summed E-state index contributed by atoms with van der Waals surface area (Å²) in [5.74, 6) is 0.719. The molecular weight excluding hydrogens is 460 g/mol. The Hall–Kier alpha value is -3.45. The number of nitrogens with zero attached hydrogens (tertiary/aromatic N) is 2. The van der Waals surface area contributed by atoms with E-state index < -0.39 is 11.9 Å². The predicted molar refractivity (Wildman–Crippen MR) is 121 cm³/mol. The average Bonchev–Trinajstić information content (AvgIpc) is 3.07. The zero-order chi connectivity index (χ0) is 21.7. The Bertz CT molecular complexity index is 1410. The van der Waals surface area contributed by atoms with Gasteiger partial charge in [0.15, 0.2) is 5.43 Å². The van der Waals surface area contributed by atoms with Gasteiger partial charge < -0.3 is 9.15 Å². The van der Waals surface area contributed by atoms with Crippen molar-refractivity contribution >= 4 is 38.6 Å². The largest absolute Gasteiger partial charge is 0.497 e. The predicted octanol–water partition coefficient (Wildman–Crippen LogP) is 5.02. The molecule has 2 aromatic carbocycles. The third kappa shape index (κ3) is 3.13. The molecule has 0 saturated carbocycles. The molecule has 154 valence electrons. The van der Waals surface area contributed by atoms with Gasteiger partial charge in [-0.25, -0.2) is 4.98 Å². The summed E-state index contributed by atoms with van der Waals surface area (Å²) >= 11 is 3.41. The van der Waals surface area contributed by atoms with E-state index in [1.165, 1.54) is 4.90 Å². The molecule has 1 aliphatic rings. The fraction of sp³-hybridized carbons (Fsp3) is 0.125. The average molecular weight is 477 g/mol. The molecule has 4 aromatic rings. The normalized spacial score (nSPS) is 15.4. The molecule has 31 heavy (non-hydrogen) atoms. The lowest BCUT2D eigenvalue weighted by Gasteiger charge is -2.24. The van der Waals surface area contributed by atoms with Crippen LogP contribution in [-0.4, -0.2) is 18.0 Å². The quantitative estimate of drug-likeness (QED) is 0.415. The van der Waals surface area contributed by atoms with E-state index in [4.69, 9.17) is 9.15 Å². The first-order valence-corrected chi connectivity index (χ1v) is 10.4. The number of pyridine rings is 1. The fourth-order valence-corrected chi connectivity index (χ4v) is 4.32. The topological polar surface area (TPSA) is 72.6 Å². The van der Waals surface area contributed by atoms with Crippen LogP contribution in [0.2, 0.25) is 0 Å². The lowest BCUT2D eigenvalue weighted by molar-refractivity contribution is 0.0970. The summed E-state index contributed by atoms with van der Waals surface area (Å²) < 4.78 is 12.1. The van der Waals surface area contributed by atoms with Gasteiger partial charge in [-0.3, -0.25) is 14.5 Å². The summed E-state index contributed by atoms with van der Waals surface area (Å²) in [6.45, 7) is 1.93. The number of halogens is 1. The van der Waals surface area contributed by atoms with Crippen LogP contribution in [0.3, 0.4) is 0 Å². The number of rotatable bonds is 3. The Kier molecular flexibility index (Phi) is 4.63. The van der Waals surface area contributed by atoms with Gasteiger partial charge in [0.2, 0.25) is 5.76 Å². The number of benzene rings is 2. The number of amides is 1. The van der Waals surface area contributed by atoms with Crippen molar-refractivity contribution in [3.8, 4) is 5.75 Å². The number of carbonyl (C=O) groups excluding carboxylic acids is 1. The molecule has 0 N–H and O–H groups in total. The molecule has 0 fully saturated rings. The van der Waals surface area contributed by atoms with E-state index in [-0.39, 0.29) is 11.2 Å². The highest BCUT2D eigenvalue weighted by atomic mass is 79.9. The van der Waals surface area contributed by atoms with Crippen molar-refractivity contribution < 1.29 is 13.9 Å². The van der Waals surface area contributed by atoms with E-state index in [2.05, 4.69) is 20.9 Å². The van der Waals surface area contributed by atoms with Crippen molar-refractivity contribution in [1.82, 2.24) is 4.98 Å². The Labute approximate surface area is 186 Å². The van der Waals surface area contributed by atoms with Gasteiger partial charge in [0.1, 0.15) is 17.2 Å². The van der Waals surface area contributed by atoms with Crippen LogP contribution in [0.1, 0.15) is 33.3 Å². The number of hydrogen-bond acceptors (Lipinski definition) is 5. The highest BCUT2D eigenvalue weighted by Crippen LogP contribution is 2.41. The number of carbonyl (C=O) groups is 1. The third-order valence-electron chi connectivity index (χ3n) is 5.39. The minimum Gasteiger partial charge on any atom is -0.497 e. The molecule has 0 unspecified atom stereocenters. The first-order chi connectivity index (χ1) is 15.0. The minimum atomic E-state index is -0.688. The van der Waals surface area contributed by atoms with E-state index in [1.807, 2.05) is 43.3 Å². The lowest BCUT2D eigenvalue weighted by Crippen LogP contribution is -2.30. The molecule has 0 bridgehead atoms. The summed E-state index contributed by atoms with van der Waals surface area (Å²) in [6, 6.07) is 15.5. The molecule has 0 radical (unpaired) electrons. The highest BCUT2D eigenvalue weighted by Gasteiger charge is 2.44. The van der Waals surface area contributed by atoms with Crippen LogP contribution in [0, 0.1) is 6.92 Å². The molecule has 3 heterocycles. The van der Waals surface area contributed by atoms with E-state index in [1.54, 1.807) is 31.5 Å². The zero-order valence-corrected chi connectivity index (χ0v) is 18.3. The molecule has 0 saturated heterocycles. The number of methoxy groups -OCH3 is 1. The van der Waals surface area contributed by atoms with E-state index >= 15 is 0 Å². The fourth-order valence-electron chi connectivity index (χ4n) is 3.96. The first-order valence-electron chi connectivity index (χ1n) is 9.64. The second-order valence-electron chi connectivity index (χ2n) is 7.36. The van der Waals surface area contributed by atoms with Gasteiger partial charge in [0.05, 0.1) is 24.1 Å².